The number of hydrogen-bond acceptors (Lipinski definition) is 2. The normalized spacial score (nSPS) is 23.8. The molecule has 0 bridgehead atoms. The Morgan fingerprint density at radius 2 is 2.08 bits per heavy atom. The van der Waals surface area contributed by atoms with Crippen molar-refractivity contribution in [2.75, 3.05) is 20.1 Å². The molecular formula is C8H14FNO2. The van der Waals surface area contributed by atoms with E-state index < -0.39 is 11.6 Å². The van der Waals surface area contributed by atoms with Crippen molar-refractivity contribution >= 4 is 5.97 Å². The van der Waals surface area contributed by atoms with Gasteiger partial charge < -0.3 is 10.0 Å². The fraction of sp³-hybridized carbons (Fsp3) is 0.875. The largest absolute Gasteiger partial charge is 0.481 e. The van der Waals surface area contributed by atoms with Crippen molar-refractivity contribution < 1.29 is 14.3 Å². The second kappa shape index (κ2) is 3.39. The topological polar surface area (TPSA) is 40.5 Å². The minimum Gasteiger partial charge on any atom is -0.481 e. The lowest BCUT2D eigenvalue weighted by molar-refractivity contribution is -0.141. The number of piperidine rings is 1. The number of carbonyl (C=O) groups is 1. The Hall–Kier alpha value is -0.640. The van der Waals surface area contributed by atoms with Gasteiger partial charge in [-0.25, -0.2) is 4.39 Å². The standard InChI is InChI=1S/C8H14FNO2/c1-10-4-2-8(9,3-5-10)6-7(11)12/h2-6H2,1H3,(H,11,12). The first-order chi connectivity index (χ1) is 5.52. The van der Waals surface area contributed by atoms with Gasteiger partial charge in [-0.1, -0.05) is 0 Å². The van der Waals surface area contributed by atoms with Gasteiger partial charge >= 0.3 is 5.97 Å². The molecule has 0 aromatic rings. The maximum absolute atomic E-state index is 13.6. The van der Waals surface area contributed by atoms with Gasteiger partial charge in [-0.2, -0.15) is 0 Å². The molecule has 0 aromatic carbocycles. The van der Waals surface area contributed by atoms with Crippen LogP contribution in [0.25, 0.3) is 0 Å². The third-order valence-electron chi connectivity index (χ3n) is 2.35. The summed E-state index contributed by atoms with van der Waals surface area (Å²) in [6.07, 6.45) is 0.340. The van der Waals surface area contributed by atoms with Crippen molar-refractivity contribution in [3.05, 3.63) is 0 Å². The van der Waals surface area contributed by atoms with E-state index in [0.717, 1.165) is 0 Å². The van der Waals surface area contributed by atoms with Gasteiger partial charge in [-0.3, -0.25) is 4.79 Å². The molecule has 0 amide bonds. The summed E-state index contributed by atoms with van der Waals surface area (Å²) in [5.74, 6) is -1.04. The van der Waals surface area contributed by atoms with E-state index in [1.807, 2.05) is 11.9 Å². The third kappa shape index (κ3) is 2.44. The Morgan fingerprint density at radius 3 is 2.50 bits per heavy atom. The molecule has 0 spiro atoms. The lowest BCUT2D eigenvalue weighted by Gasteiger charge is -2.33. The number of hydrogen-bond donors (Lipinski definition) is 1. The van der Waals surface area contributed by atoms with Crippen LogP contribution in [0.2, 0.25) is 0 Å². The maximum atomic E-state index is 13.6. The van der Waals surface area contributed by atoms with Crippen LogP contribution in [0.5, 0.6) is 0 Å². The zero-order valence-corrected chi connectivity index (χ0v) is 7.22. The van der Waals surface area contributed by atoms with Crippen LogP contribution in [0.4, 0.5) is 4.39 Å². The molecular weight excluding hydrogens is 161 g/mol. The Labute approximate surface area is 71.2 Å². The first kappa shape index (κ1) is 9.45. The molecule has 0 aromatic heterocycles. The van der Waals surface area contributed by atoms with Crippen LogP contribution < -0.4 is 0 Å². The summed E-state index contributed by atoms with van der Waals surface area (Å²) >= 11 is 0. The average Bonchev–Trinajstić information content (AvgIpc) is 1.94. The van der Waals surface area contributed by atoms with Crippen molar-refractivity contribution in [3.8, 4) is 0 Å². The van der Waals surface area contributed by atoms with Crippen molar-refractivity contribution in [1.29, 1.82) is 0 Å². The van der Waals surface area contributed by atoms with E-state index in [-0.39, 0.29) is 6.42 Å². The summed E-state index contributed by atoms with van der Waals surface area (Å²) in [4.78, 5) is 12.3. The minimum atomic E-state index is -1.46. The molecule has 3 nitrogen and oxygen atoms in total. The summed E-state index contributed by atoms with van der Waals surface area (Å²) in [7, 11) is 1.92. The van der Waals surface area contributed by atoms with E-state index in [0.29, 0.717) is 25.9 Å². The van der Waals surface area contributed by atoms with Gasteiger partial charge in [-0.05, 0) is 19.9 Å². The molecule has 1 aliphatic heterocycles. The van der Waals surface area contributed by atoms with Gasteiger partial charge in [0.15, 0.2) is 0 Å². The lowest BCUT2D eigenvalue weighted by atomic mass is 9.90. The SMILES string of the molecule is CN1CCC(F)(CC(=O)O)CC1. The highest BCUT2D eigenvalue weighted by Gasteiger charge is 2.35. The van der Waals surface area contributed by atoms with E-state index in [1.54, 1.807) is 0 Å². The molecule has 0 aliphatic carbocycles. The second-order valence-electron chi connectivity index (χ2n) is 3.52. The molecule has 70 valence electrons. The molecule has 1 heterocycles. The number of alkyl halides is 1. The quantitative estimate of drug-likeness (QED) is 0.677. The second-order valence-corrected chi connectivity index (χ2v) is 3.52. The first-order valence-corrected chi connectivity index (χ1v) is 4.11. The summed E-state index contributed by atoms with van der Waals surface area (Å²) in [6, 6.07) is 0. The average molecular weight is 175 g/mol. The number of carboxylic acids is 1. The Balaban J connectivity index is 2.44. The van der Waals surface area contributed by atoms with Crippen molar-refractivity contribution in [1.82, 2.24) is 4.90 Å². The van der Waals surface area contributed by atoms with Crippen LogP contribution in [0, 0.1) is 0 Å². The molecule has 0 atom stereocenters. The summed E-state index contributed by atoms with van der Waals surface area (Å²) < 4.78 is 13.6. The van der Waals surface area contributed by atoms with Gasteiger partial charge in [0.25, 0.3) is 0 Å². The molecule has 1 aliphatic rings. The van der Waals surface area contributed by atoms with Crippen LogP contribution in [-0.4, -0.2) is 41.8 Å². The van der Waals surface area contributed by atoms with E-state index in [1.165, 1.54) is 0 Å². The molecule has 1 saturated heterocycles. The Bertz CT molecular complexity index is 176. The summed E-state index contributed by atoms with van der Waals surface area (Å²) in [5.41, 5.74) is -1.46. The van der Waals surface area contributed by atoms with Crippen LogP contribution >= 0.6 is 0 Å². The molecule has 0 unspecified atom stereocenters. The van der Waals surface area contributed by atoms with Gasteiger partial charge in [-0.15, -0.1) is 0 Å². The van der Waals surface area contributed by atoms with E-state index >= 15 is 0 Å². The van der Waals surface area contributed by atoms with Gasteiger partial charge in [0.05, 0.1) is 6.42 Å². The number of likely N-dealkylation sites (tertiary alicyclic amines) is 1. The van der Waals surface area contributed by atoms with Gasteiger partial charge in [0.2, 0.25) is 0 Å². The molecule has 0 saturated carbocycles. The number of aliphatic carboxylic acids is 1. The van der Waals surface area contributed by atoms with E-state index in [4.69, 9.17) is 5.11 Å². The van der Waals surface area contributed by atoms with Gasteiger partial charge in [0, 0.05) is 13.1 Å². The van der Waals surface area contributed by atoms with Crippen molar-refractivity contribution in [3.63, 3.8) is 0 Å². The summed E-state index contributed by atoms with van der Waals surface area (Å²) in [6.45, 7) is 1.31. The molecule has 4 heteroatoms. The first-order valence-electron chi connectivity index (χ1n) is 4.11. The fourth-order valence-electron chi connectivity index (χ4n) is 1.47. The zero-order chi connectivity index (χ0) is 9.19. The minimum absolute atomic E-state index is 0.343. The van der Waals surface area contributed by atoms with E-state index in [2.05, 4.69) is 0 Å². The van der Waals surface area contributed by atoms with Crippen LogP contribution in [-0.2, 0) is 4.79 Å². The van der Waals surface area contributed by atoms with Crippen molar-refractivity contribution in [2.24, 2.45) is 0 Å². The predicted molar refractivity (Wildman–Crippen MR) is 42.8 cm³/mol. The fourth-order valence-corrected chi connectivity index (χ4v) is 1.47. The number of halogens is 1. The lowest BCUT2D eigenvalue weighted by Crippen LogP contribution is -2.41. The highest BCUT2D eigenvalue weighted by atomic mass is 19.1. The third-order valence-corrected chi connectivity index (χ3v) is 2.35. The number of nitrogens with zero attached hydrogens (tertiary/aromatic N) is 1. The maximum Gasteiger partial charge on any atom is 0.306 e. The van der Waals surface area contributed by atoms with Crippen LogP contribution in [0.15, 0.2) is 0 Å². The highest BCUT2D eigenvalue weighted by molar-refractivity contribution is 5.68. The van der Waals surface area contributed by atoms with Crippen LogP contribution in [0.1, 0.15) is 19.3 Å². The van der Waals surface area contributed by atoms with Crippen molar-refractivity contribution in [2.45, 2.75) is 24.9 Å². The Morgan fingerprint density at radius 1 is 1.58 bits per heavy atom. The molecule has 1 rings (SSSR count). The molecule has 1 N–H and O–H groups in total. The van der Waals surface area contributed by atoms with Gasteiger partial charge in [0.1, 0.15) is 5.67 Å². The number of rotatable bonds is 2. The van der Waals surface area contributed by atoms with E-state index in [9.17, 15) is 9.18 Å². The smallest absolute Gasteiger partial charge is 0.306 e. The molecule has 1 fully saturated rings. The molecule has 0 radical (unpaired) electrons. The Kier molecular flexibility index (Phi) is 2.67. The summed E-state index contributed by atoms with van der Waals surface area (Å²) in [5, 5.41) is 8.44. The highest BCUT2D eigenvalue weighted by Crippen LogP contribution is 2.29. The monoisotopic (exact) mass is 175 g/mol. The zero-order valence-electron chi connectivity index (χ0n) is 7.22. The van der Waals surface area contributed by atoms with Crippen LogP contribution in [0.3, 0.4) is 0 Å². The number of carboxylic acid groups (broad SMARTS) is 1. The molecule has 12 heavy (non-hydrogen) atoms. The predicted octanol–water partition coefficient (Wildman–Crippen LogP) is 0.895.